The first-order valence-electron chi connectivity index (χ1n) is 7.11. The molecule has 0 saturated carbocycles. The number of benzene rings is 2. The lowest BCUT2D eigenvalue weighted by Crippen LogP contribution is -1.97. The van der Waals surface area contributed by atoms with Crippen LogP contribution in [0.3, 0.4) is 0 Å². The topological polar surface area (TPSA) is 17.8 Å². The largest absolute Gasteiger partial charge is 0.241 e. The van der Waals surface area contributed by atoms with Gasteiger partial charge in [0, 0.05) is 11.8 Å². The van der Waals surface area contributed by atoms with Crippen molar-refractivity contribution in [1.82, 2.24) is 9.78 Å². The van der Waals surface area contributed by atoms with E-state index in [0.717, 1.165) is 12.1 Å². The van der Waals surface area contributed by atoms with Gasteiger partial charge in [-0.1, -0.05) is 65.3 Å². The molecule has 0 saturated heterocycles. The molecule has 0 bridgehead atoms. The number of nitrogens with zero attached hydrogens (tertiary/aromatic N) is 2. The van der Waals surface area contributed by atoms with Gasteiger partial charge in [0.1, 0.15) is 0 Å². The summed E-state index contributed by atoms with van der Waals surface area (Å²) in [7, 11) is 0. The van der Waals surface area contributed by atoms with E-state index in [1.54, 1.807) is 0 Å². The van der Waals surface area contributed by atoms with Crippen LogP contribution in [0.1, 0.15) is 28.4 Å². The molecule has 2 nitrogen and oxygen atoms in total. The highest BCUT2D eigenvalue weighted by atomic mass is 79.9. The molecular formula is C18H17BrN2. The van der Waals surface area contributed by atoms with Crippen LogP contribution in [0.25, 0.3) is 5.69 Å². The summed E-state index contributed by atoms with van der Waals surface area (Å²) < 4.78 is 1.91. The Morgan fingerprint density at radius 1 is 1.05 bits per heavy atom. The fourth-order valence-electron chi connectivity index (χ4n) is 2.47. The van der Waals surface area contributed by atoms with E-state index < -0.39 is 0 Å². The quantitative estimate of drug-likeness (QED) is 0.616. The molecule has 0 radical (unpaired) electrons. The highest BCUT2D eigenvalue weighted by molar-refractivity contribution is 9.09. The SMILES string of the molecule is CCc1ccccc1C(Br)c1cnn(-c2ccccc2)c1. The molecule has 3 aromatic rings. The second kappa shape index (κ2) is 6.27. The van der Waals surface area contributed by atoms with Crippen molar-refractivity contribution >= 4 is 15.9 Å². The molecule has 0 aliphatic carbocycles. The number of aryl methyl sites for hydroxylation is 1. The Hall–Kier alpha value is -1.87. The first-order valence-corrected chi connectivity index (χ1v) is 8.03. The standard InChI is InChI=1S/C18H17BrN2/c1-2-14-8-6-7-11-17(14)18(19)15-12-20-21(13-15)16-9-4-3-5-10-16/h3-13,18H,2H2,1H3. The number of halogens is 1. The van der Waals surface area contributed by atoms with Crippen molar-refractivity contribution in [3.63, 3.8) is 0 Å². The molecule has 0 aliphatic heterocycles. The third-order valence-corrected chi connectivity index (χ3v) is 4.65. The van der Waals surface area contributed by atoms with Crippen molar-refractivity contribution < 1.29 is 0 Å². The molecule has 106 valence electrons. The van der Waals surface area contributed by atoms with Crippen molar-refractivity contribution in [2.75, 3.05) is 0 Å². The molecule has 0 aliphatic rings. The van der Waals surface area contributed by atoms with Gasteiger partial charge in [0.05, 0.1) is 16.7 Å². The average Bonchev–Trinajstić information content (AvgIpc) is 3.05. The van der Waals surface area contributed by atoms with Gasteiger partial charge in [-0.3, -0.25) is 0 Å². The minimum atomic E-state index is 0.172. The number of rotatable bonds is 4. The molecule has 1 unspecified atom stereocenters. The van der Waals surface area contributed by atoms with E-state index in [0.29, 0.717) is 0 Å². The van der Waals surface area contributed by atoms with Crippen LogP contribution in [0.15, 0.2) is 67.0 Å². The first kappa shape index (κ1) is 14.1. The molecule has 2 aromatic carbocycles. The lowest BCUT2D eigenvalue weighted by atomic mass is 10.00. The van der Waals surface area contributed by atoms with Gasteiger partial charge in [0.15, 0.2) is 0 Å². The van der Waals surface area contributed by atoms with Crippen LogP contribution in [0, 0.1) is 0 Å². The van der Waals surface area contributed by atoms with Gasteiger partial charge in [-0.15, -0.1) is 0 Å². The Morgan fingerprint density at radius 2 is 1.76 bits per heavy atom. The van der Waals surface area contributed by atoms with E-state index in [9.17, 15) is 0 Å². The minimum absolute atomic E-state index is 0.172. The average molecular weight is 341 g/mol. The van der Waals surface area contributed by atoms with Crippen molar-refractivity contribution in [2.24, 2.45) is 0 Å². The van der Waals surface area contributed by atoms with Gasteiger partial charge in [0.25, 0.3) is 0 Å². The van der Waals surface area contributed by atoms with Crippen molar-refractivity contribution in [2.45, 2.75) is 18.2 Å². The number of para-hydroxylation sites is 1. The van der Waals surface area contributed by atoms with Crippen LogP contribution >= 0.6 is 15.9 Å². The van der Waals surface area contributed by atoms with E-state index in [-0.39, 0.29) is 4.83 Å². The summed E-state index contributed by atoms with van der Waals surface area (Å²) in [5, 5.41) is 4.48. The summed E-state index contributed by atoms with van der Waals surface area (Å²) in [5.74, 6) is 0. The highest BCUT2D eigenvalue weighted by Crippen LogP contribution is 2.33. The van der Waals surface area contributed by atoms with E-state index in [1.165, 1.54) is 16.7 Å². The predicted octanol–water partition coefficient (Wildman–Crippen LogP) is 4.92. The van der Waals surface area contributed by atoms with E-state index in [4.69, 9.17) is 0 Å². The van der Waals surface area contributed by atoms with E-state index in [2.05, 4.69) is 70.5 Å². The van der Waals surface area contributed by atoms with Crippen molar-refractivity contribution in [1.29, 1.82) is 0 Å². The monoisotopic (exact) mass is 340 g/mol. The second-order valence-electron chi connectivity index (χ2n) is 4.97. The summed E-state index contributed by atoms with van der Waals surface area (Å²) in [5.41, 5.74) is 4.92. The summed E-state index contributed by atoms with van der Waals surface area (Å²) in [4.78, 5) is 0.172. The summed E-state index contributed by atoms with van der Waals surface area (Å²) in [6.07, 6.45) is 5.05. The predicted molar refractivity (Wildman–Crippen MR) is 90.2 cm³/mol. The zero-order valence-corrected chi connectivity index (χ0v) is 13.5. The van der Waals surface area contributed by atoms with Crippen LogP contribution in [-0.2, 0) is 6.42 Å². The third-order valence-electron chi connectivity index (χ3n) is 3.62. The van der Waals surface area contributed by atoms with Gasteiger partial charge in [-0.25, -0.2) is 4.68 Å². The Balaban J connectivity index is 1.93. The van der Waals surface area contributed by atoms with Gasteiger partial charge in [-0.2, -0.15) is 5.10 Å². The zero-order chi connectivity index (χ0) is 14.7. The number of hydrogen-bond acceptors (Lipinski definition) is 1. The fourth-order valence-corrected chi connectivity index (χ4v) is 3.16. The molecule has 0 fully saturated rings. The summed E-state index contributed by atoms with van der Waals surface area (Å²) >= 11 is 3.82. The van der Waals surface area contributed by atoms with E-state index >= 15 is 0 Å². The van der Waals surface area contributed by atoms with Gasteiger partial charge >= 0.3 is 0 Å². The minimum Gasteiger partial charge on any atom is -0.241 e. The molecular weight excluding hydrogens is 324 g/mol. The molecule has 3 rings (SSSR count). The lowest BCUT2D eigenvalue weighted by Gasteiger charge is -2.12. The lowest BCUT2D eigenvalue weighted by molar-refractivity contribution is 0.880. The maximum absolute atomic E-state index is 4.48. The van der Waals surface area contributed by atoms with Crippen LogP contribution < -0.4 is 0 Å². The Labute approximate surface area is 133 Å². The third kappa shape index (κ3) is 2.93. The van der Waals surface area contributed by atoms with E-state index in [1.807, 2.05) is 29.1 Å². The van der Waals surface area contributed by atoms with Crippen LogP contribution in [0.5, 0.6) is 0 Å². The maximum atomic E-state index is 4.48. The van der Waals surface area contributed by atoms with Crippen molar-refractivity contribution in [3.8, 4) is 5.69 Å². The van der Waals surface area contributed by atoms with Crippen LogP contribution in [-0.4, -0.2) is 9.78 Å². The fraction of sp³-hybridized carbons (Fsp3) is 0.167. The summed E-state index contributed by atoms with van der Waals surface area (Å²) in [6.45, 7) is 2.19. The highest BCUT2D eigenvalue weighted by Gasteiger charge is 2.15. The second-order valence-corrected chi connectivity index (χ2v) is 5.88. The Bertz CT molecular complexity index is 719. The zero-order valence-electron chi connectivity index (χ0n) is 11.9. The first-order chi connectivity index (χ1) is 10.3. The maximum Gasteiger partial charge on any atom is 0.0678 e. The molecule has 0 N–H and O–H groups in total. The molecule has 1 heterocycles. The van der Waals surface area contributed by atoms with Gasteiger partial charge in [0.2, 0.25) is 0 Å². The molecule has 1 atom stereocenters. The number of aromatic nitrogens is 2. The molecule has 0 amide bonds. The Kier molecular flexibility index (Phi) is 4.20. The molecule has 21 heavy (non-hydrogen) atoms. The smallest absolute Gasteiger partial charge is 0.0678 e. The van der Waals surface area contributed by atoms with Crippen LogP contribution in [0.2, 0.25) is 0 Å². The van der Waals surface area contributed by atoms with Crippen molar-refractivity contribution in [3.05, 3.63) is 83.7 Å². The molecule has 0 spiro atoms. The Morgan fingerprint density at radius 3 is 2.52 bits per heavy atom. The summed E-state index contributed by atoms with van der Waals surface area (Å²) in [6, 6.07) is 18.7. The molecule has 3 heteroatoms. The van der Waals surface area contributed by atoms with Crippen LogP contribution in [0.4, 0.5) is 0 Å². The number of alkyl halides is 1. The van der Waals surface area contributed by atoms with Gasteiger partial charge in [-0.05, 0) is 29.7 Å². The van der Waals surface area contributed by atoms with Gasteiger partial charge < -0.3 is 0 Å². The molecule has 1 aromatic heterocycles. The normalized spacial score (nSPS) is 12.3. The number of hydrogen-bond donors (Lipinski definition) is 0.